The van der Waals surface area contributed by atoms with E-state index < -0.39 is 0 Å². The van der Waals surface area contributed by atoms with Gasteiger partial charge in [0.1, 0.15) is 0 Å². The Morgan fingerprint density at radius 2 is 2.00 bits per heavy atom. The van der Waals surface area contributed by atoms with Crippen LogP contribution in [0, 0.1) is 13.8 Å². The third kappa shape index (κ3) is 3.62. The van der Waals surface area contributed by atoms with E-state index in [4.69, 9.17) is 0 Å². The number of para-hydroxylation sites is 1. The highest BCUT2D eigenvalue weighted by Crippen LogP contribution is 2.21. The molecular weight excluding hydrogens is 316 g/mol. The lowest BCUT2D eigenvalue weighted by Crippen LogP contribution is -2.37. The number of benzene rings is 1. The van der Waals surface area contributed by atoms with Gasteiger partial charge >= 0.3 is 0 Å². The van der Waals surface area contributed by atoms with Crippen LogP contribution in [0.25, 0.3) is 10.9 Å². The fourth-order valence-corrected chi connectivity index (χ4v) is 3.78. The Hall–Kier alpha value is -2.27. The molecule has 0 aliphatic carbocycles. The van der Waals surface area contributed by atoms with E-state index in [2.05, 4.69) is 70.2 Å². The fraction of sp³-hybridized carbons (Fsp3) is 0.316. The van der Waals surface area contributed by atoms with Gasteiger partial charge < -0.3 is 15.6 Å². The number of fused-ring (bicyclic) bond motifs is 1. The van der Waals surface area contributed by atoms with Gasteiger partial charge in [0.15, 0.2) is 5.96 Å². The summed E-state index contributed by atoms with van der Waals surface area (Å²) in [6.07, 6.45) is 0.967. The topological polar surface area (TPSA) is 52.2 Å². The second-order valence-corrected chi connectivity index (χ2v) is 6.90. The molecule has 0 spiro atoms. The van der Waals surface area contributed by atoms with Gasteiger partial charge in [0.25, 0.3) is 0 Å². The van der Waals surface area contributed by atoms with Crippen LogP contribution < -0.4 is 10.6 Å². The molecule has 2 aromatic heterocycles. The quantitative estimate of drug-likeness (QED) is 0.489. The van der Waals surface area contributed by atoms with Crippen molar-refractivity contribution in [2.75, 3.05) is 13.6 Å². The molecule has 2 heterocycles. The van der Waals surface area contributed by atoms with E-state index in [0.717, 1.165) is 25.5 Å². The van der Waals surface area contributed by atoms with Crippen LogP contribution in [0.1, 0.15) is 21.7 Å². The number of hydrogen-bond acceptors (Lipinski definition) is 2. The average molecular weight is 340 g/mol. The highest BCUT2D eigenvalue weighted by molar-refractivity contribution is 7.10. The number of aryl methyl sites for hydroxylation is 2. The molecule has 0 saturated carbocycles. The van der Waals surface area contributed by atoms with Crippen molar-refractivity contribution >= 4 is 28.2 Å². The van der Waals surface area contributed by atoms with E-state index in [-0.39, 0.29) is 0 Å². The predicted octanol–water partition coefficient (Wildman–Crippen LogP) is 3.75. The summed E-state index contributed by atoms with van der Waals surface area (Å²) in [5.41, 5.74) is 5.16. The largest absolute Gasteiger partial charge is 0.358 e. The monoisotopic (exact) mass is 340 g/mol. The molecule has 5 heteroatoms. The summed E-state index contributed by atoms with van der Waals surface area (Å²) in [6, 6.07) is 10.6. The summed E-state index contributed by atoms with van der Waals surface area (Å²) in [4.78, 5) is 9.12. The van der Waals surface area contributed by atoms with Gasteiger partial charge in [0, 0.05) is 35.1 Å². The zero-order chi connectivity index (χ0) is 16.9. The summed E-state index contributed by atoms with van der Waals surface area (Å²) >= 11 is 1.78. The van der Waals surface area contributed by atoms with Gasteiger partial charge in [-0.1, -0.05) is 18.2 Å². The minimum atomic E-state index is 0.815. The van der Waals surface area contributed by atoms with Crippen LogP contribution >= 0.6 is 11.3 Å². The van der Waals surface area contributed by atoms with Crippen molar-refractivity contribution in [3.63, 3.8) is 0 Å². The Kier molecular flexibility index (Phi) is 5.20. The number of aromatic amines is 1. The van der Waals surface area contributed by atoms with Crippen LogP contribution in [0.15, 0.2) is 40.7 Å². The van der Waals surface area contributed by atoms with Gasteiger partial charge in [-0.25, -0.2) is 0 Å². The maximum atomic E-state index is 4.31. The average Bonchev–Trinajstić information content (AvgIpc) is 3.13. The minimum absolute atomic E-state index is 0.815. The summed E-state index contributed by atoms with van der Waals surface area (Å²) in [5, 5.41) is 10.2. The number of aromatic nitrogens is 1. The molecule has 3 N–H and O–H groups in total. The highest BCUT2D eigenvalue weighted by atomic mass is 32.1. The SMILES string of the molecule is CN=C(NCCc1c(C)[nH]c2ccccc12)NCc1sccc1C. The first-order valence-electron chi connectivity index (χ1n) is 8.22. The van der Waals surface area contributed by atoms with Gasteiger partial charge in [-0.2, -0.15) is 0 Å². The van der Waals surface area contributed by atoms with Crippen LogP contribution in [0.3, 0.4) is 0 Å². The minimum Gasteiger partial charge on any atom is -0.358 e. The normalized spacial score (nSPS) is 11.9. The molecule has 0 unspecified atom stereocenters. The number of thiophene rings is 1. The van der Waals surface area contributed by atoms with Crippen LogP contribution in [-0.2, 0) is 13.0 Å². The number of rotatable bonds is 5. The molecule has 0 atom stereocenters. The van der Waals surface area contributed by atoms with Crippen LogP contribution in [-0.4, -0.2) is 24.5 Å². The third-order valence-electron chi connectivity index (χ3n) is 4.30. The van der Waals surface area contributed by atoms with E-state index in [9.17, 15) is 0 Å². The molecule has 4 nitrogen and oxygen atoms in total. The number of nitrogens with zero attached hydrogens (tertiary/aromatic N) is 1. The van der Waals surface area contributed by atoms with E-state index in [1.807, 2.05) is 7.05 Å². The van der Waals surface area contributed by atoms with E-state index in [1.165, 1.54) is 32.6 Å². The van der Waals surface area contributed by atoms with Crippen molar-refractivity contribution in [2.45, 2.75) is 26.8 Å². The standard InChI is InChI=1S/C19H24N4S/c1-13-9-11-24-18(13)12-22-19(20-3)21-10-8-15-14(2)23-17-7-5-4-6-16(15)17/h4-7,9,11,23H,8,10,12H2,1-3H3,(H2,20,21,22). The molecule has 0 fully saturated rings. The predicted molar refractivity (Wildman–Crippen MR) is 104 cm³/mol. The number of hydrogen-bond donors (Lipinski definition) is 3. The zero-order valence-electron chi connectivity index (χ0n) is 14.4. The molecule has 0 aliphatic rings. The zero-order valence-corrected chi connectivity index (χ0v) is 15.3. The van der Waals surface area contributed by atoms with Crippen molar-refractivity contribution in [1.82, 2.24) is 15.6 Å². The van der Waals surface area contributed by atoms with Crippen molar-refractivity contribution in [2.24, 2.45) is 4.99 Å². The molecule has 0 saturated heterocycles. The summed E-state index contributed by atoms with van der Waals surface area (Å²) < 4.78 is 0. The Balaban J connectivity index is 1.56. The van der Waals surface area contributed by atoms with Gasteiger partial charge in [-0.15, -0.1) is 11.3 Å². The Morgan fingerprint density at radius 3 is 2.75 bits per heavy atom. The second-order valence-electron chi connectivity index (χ2n) is 5.90. The van der Waals surface area contributed by atoms with Crippen LogP contribution in [0.2, 0.25) is 0 Å². The van der Waals surface area contributed by atoms with Gasteiger partial charge in [0.2, 0.25) is 0 Å². The molecule has 1 aromatic carbocycles. The number of aliphatic imine (C=N–C) groups is 1. The number of nitrogens with one attached hydrogen (secondary N) is 3. The fourth-order valence-electron chi connectivity index (χ4n) is 2.93. The Bertz CT molecular complexity index is 844. The molecule has 126 valence electrons. The van der Waals surface area contributed by atoms with Gasteiger partial charge in [-0.3, -0.25) is 4.99 Å². The highest BCUT2D eigenvalue weighted by Gasteiger charge is 2.08. The van der Waals surface area contributed by atoms with Crippen LogP contribution in [0.5, 0.6) is 0 Å². The maximum absolute atomic E-state index is 4.31. The smallest absolute Gasteiger partial charge is 0.191 e. The summed E-state index contributed by atoms with van der Waals surface area (Å²) in [5.74, 6) is 0.847. The van der Waals surface area contributed by atoms with Crippen molar-refractivity contribution in [1.29, 1.82) is 0 Å². The third-order valence-corrected chi connectivity index (χ3v) is 5.33. The van der Waals surface area contributed by atoms with E-state index in [0.29, 0.717) is 0 Å². The Labute approximate surface area is 147 Å². The molecule has 0 aliphatic heterocycles. The van der Waals surface area contributed by atoms with Gasteiger partial charge in [-0.05, 0) is 48.9 Å². The first-order valence-corrected chi connectivity index (χ1v) is 9.10. The molecule has 3 aromatic rings. The van der Waals surface area contributed by atoms with E-state index >= 15 is 0 Å². The lowest BCUT2D eigenvalue weighted by Gasteiger charge is -2.12. The van der Waals surface area contributed by atoms with Crippen molar-refractivity contribution in [3.05, 3.63) is 57.4 Å². The molecular formula is C19H24N4S. The first-order chi connectivity index (χ1) is 11.7. The molecule has 24 heavy (non-hydrogen) atoms. The number of guanidine groups is 1. The lowest BCUT2D eigenvalue weighted by molar-refractivity contribution is 0.797. The van der Waals surface area contributed by atoms with Crippen molar-refractivity contribution in [3.8, 4) is 0 Å². The first kappa shape index (κ1) is 16.6. The molecule has 3 rings (SSSR count). The van der Waals surface area contributed by atoms with E-state index in [1.54, 1.807) is 11.3 Å². The number of H-pyrrole nitrogens is 1. The maximum Gasteiger partial charge on any atom is 0.191 e. The van der Waals surface area contributed by atoms with Crippen molar-refractivity contribution < 1.29 is 0 Å². The molecule has 0 amide bonds. The lowest BCUT2D eigenvalue weighted by atomic mass is 10.1. The Morgan fingerprint density at radius 1 is 1.17 bits per heavy atom. The second kappa shape index (κ2) is 7.53. The molecule has 0 radical (unpaired) electrons. The molecule has 0 bridgehead atoms. The van der Waals surface area contributed by atoms with Crippen LogP contribution in [0.4, 0.5) is 0 Å². The van der Waals surface area contributed by atoms with Gasteiger partial charge in [0.05, 0.1) is 6.54 Å². The summed E-state index contributed by atoms with van der Waals surface area (Å²) in [7, 11) is 1.81. The summed E-state index contributed by atoms with van der Waals surface area (Å²) in [6.45, 7) is 5.95.